The van der Waals surface area contributed by atoms with Gasteiger partial charge >= 0.3 is 0 Å². The largest absolute Gasteiger partial charge is 0.251 e. The molecule has 0 saturated heterocycles. The van der Waals surface area contributed by atoms with Crippen LogP contribution in [-0.4, -0.2) is 10.5 Å². The van der Waals surface area contributed by atoms with Gasteiger partial charge in [-0.2, -0.15) is 0 Å². The summed E-state index contributed by atoms with van der Waals surface area (Å²) in [5, 5.41) is 18.6. The topological polar surface area (TPSA) is 58.9 Å². The predicted octanol–water partition coefficient (Wildman–Crippen LogP) is 4.41. The van der Waals surface area contributed by atoms with Gasteiger partial charge in [-0.3, -0.25) is 10.5 Å². The quantitative estimate of drug-likeness (QED) is 0.599. The predicted molar refractivity (Wildman–Crippen MR) is 78.2 cm³/mol. The van der Waals surface area contributed by atoms with Gasteiger partial charge in [0, 0.05) is 0 Å². The fraction of sp³-hybridized carbons (Fsp3) is 0.625. The van der Waals surface area contributed by atoms with Crippen molar-refractivity contribution in [1.29, 1.82) is 0 Å². The van der Waals surface area contributed by atoms with Crippen molar-refractivity contribution in [2.75, 3.05) is 0 Å². The summed E-state index contributed by atoms with van der Waals surface area (Å²) in [6.45, 7) is 11.6. The van der Waals surface area contributed by atoms with Crippen molar-refractivity contribution in [2.45, 2.75) is 52.7 Å². The molecule has 0 radical (unpaired) electrons. The van der Waals surface area contributed by atoms with Crippen LogP contribution < -0.4 is 0 Å². The molecule has 0 aliphatic heterocycles. The molecule has 0 spiro atoms. The second-order valence-corrected chi connectivity index (χ2v) is 6.29. The van der Waals surface area contributed by atoms with Crippen molar-refractivity contribution in [2.24, 2.45) is 11.8 Å². The van der Waals surface area contributed by atoms with Gasteiger partial charge in [0.25, 0.3) is 0 Å². The van der Waals surface area contributed by atoms with Crippen LogP contribution in [0.25, 0.3) is 0 Å². The first-order valence-corrected chi connectivity index (χ1v) is 6.98. The van der Waals surface area contributed by atoms with Crippen LogP contribution in [0.5, 0.6) is 0 Å². The van der Waals surface area contributed by atoms with Crippen LogP contribution in [0, 0.1) is 11.8 Å². The second-order valence-electron chi connectivity index (χ2n) is 6.29. The minimum absolute atomic E-state index is 0.0862. The molecule has 1 rings (SSSR count). The summed E-state index contributed by atoms with van der Waals surface area (Å²) in [6.07, 6.45) is 0. The number of hydrogen-bond donors (Lipinski definition) is 2. The highest BCUT2D eigenvalue weighted by Crippen LogP contribution is 2.37. The molecular weight excluding hydrogens is 256 g/mol. The lowest BCUT2D eigenvalue weighted by molar-refractivity contribution is -0.338. The molecule has 20 heavy (non-hydrogen) atoms. The molecule has 0 amide bonds. The van der Waals surface area contributed by atoms with E-state index >= 15 is 0 Å². The van der Waals surface area contributed by atoms with E-state index in [1.807, 2.05) is 65.8 Å². The standard InChI is InChI=1S/C16H26O4/c1-11(2)15(5,19-17)13-8-7-9-14(10-13)16(6,20-18)12(3)4/h7-12,17-18H,1-6H3. The Bertz CT molecular complexity index is 407. The van der Waals surface area contributed by atoms with Gasteiger partial charge < -0.3 is 0 Å². The van der Waals surface area contributed by atoms with Gasteiger partial charge in [-0.15, -0.1) is 0 Å². The van der Waals surface area contributed by atoms with E-state index in [-0.39, 0.29) is 11.8 Å². The molecule has 2 atom stereocenters. The molecule has 0 fully saturated rings. The van der Waals surface area contributed by atoms with E-state index in [1.165, 1.54) is 0 Å². The van der Waals surface area contributed by atoms with Crippen LogP contribution in [0.4, 0.5) is 0 Å². The zero-order valence-corrected chi connectivity index (χ0v) is 13.2. The molecule has 2 N–H and O–H groups in total. The van der Waals surface area contributed by atoms with Gasteiger partial charge in [-0.05, 0) is 42.9 Å². The summed E-state index contributed by atoms with van der Waals surface area (Å²) in [7, 11) is 0. The van der Waals surface area contributed by atoms with E-state index < -0.39 is 11.2 Å². The van der Waals surface area contributed by atoms with Crippen LogP contribution in [0.1, 0.15) is 52.7 Å². The van der Waals surface area contributed by atoms with Gasteiger partial charge in [0.05, 0.1) is 0 Å². The Morgan fingerprint density at radius 3 is 1.45 bits per heavy atom. The summed E-state index contributed by atoms with van der Waals surface area (Å²) in [5.74, 6) is 0.172. The van der Waals surface area contributed by atoms with Gasteiger partial charge in [0.2, 0.25) is 0 Å². The van der Waals surface area contributed by atoms with Crippen molar-refractivity contribution in [3.63, 3.8) is 0 Å². The molecule has 0 heterocycles. The first kappa shape index (κ1) is 17.1. The third-order valence-electron chi connectivity index (χ3n) is 4.59. The highest BCUT2D eigenvalue weighted by molar-refractivity contribution is 5.32. The van der Waals surface area contributed by atoms with Crippen LogP contribution >= 0.6 is 0 Å². The first-order valence-electron chi connectivity index (χ1n) is 6.98. The molecule has 114 valence electrons. The van der Waals surface area contributed by atoms with Crippen molar-refractivity contribution in [3.8, 4) is 0 Å². The lowest BCUT2D eigenvalue weighted by Crippen LogP contribution is -2.34. The number of hydrogen-bond acceptors (Lipinski definition) is 4. The SMILES string of the molecule is CC(C)C(C)(OO)c1cccc(C(C)(OO)C(C)C)c1. The summed E-state index contributed by atoms with van der Waals surface area (Å²) in [5.41, 5.74) is 0.0834. The zero-order valence-electron chi connectivity index (χ0n) is 13.2. The van der Waals surface area contributed by atoms with Crippen molar-refractivity contribution < 1.29 is 20.3 Å². The summed E-state index contributed by atoms with van der Waals surface area (Å²) in [4.78, 5) is 9.49. The molecule has 1 aromatic rings. The molecule has 0 aromatic heterocycles. The molecule has 4 nitrogen and oxygen atoms in total. The maximum absolute atomic E-state index is 9.29. The second kappa shape index (κ2) is 6.22. The van der Waals surface area contributed by atoms with Crippen molar-refractivity contribution >= 4 is 0 Å². The molecule has 1 aromatic carbocycles. The third kappa shape index (κ3) is 2.88. The summed E-state index contributed by atoms with van der Waals surface area (Å²) >= 11 is 0. The first-order chi connectivity index (χ1) is 9.22. The number of benzene rings is 1. The molecule has 0 aliphatic rings. The highest BCUT2D eigenvalue weighted by atomic mass is 17.1. The van der Waals surface area contributed by atoms with E-state index in [9.17, 15) is 10.5 Å². The Kier molecular flexibility index (Phi) is 5.33. The normalized spacial score (nSPS) is 18.1. The van der Waals surface area contributed by atoms with Crippen LogP contribution in [-0.2, 0) is 21.0 Å². The van der Waals surface area contributed by atoms with Gasteiger partial charge in [-0.1, -0.05) is 45.9 Å². The molecule has 4 heteroatoms. The smallest absolute Gasteiger partial charge is 0.128 e. The Morgan fingerprint density at radius 2 is 1.20 bits per heavy atom. The lowest BCUT2D eigenvalue weighted by Gasteiger charge is -2.34. The van der Waals surface area contributed by atoms with Crippen LogP contribution in [0.15, 0.2) is 24.3 Å². The Balaban J connectivity index is 3.33. The molecule has 2 unspecified atom stereocenters. The van der Waals surface area contributed by atoms with E-state index in [4.69, 9.17) is 9.78 Å². The zero-order chi connectivity index (χ0) is 15.6. The lowest BCUT2D eigenvalue weighted by atomic mass is 9.80. The Hall–Kier alpha value is -0.940. The van der Waals surface area contributed by atoms with Crippen molar-refractivity contribution in [3.05, 3.63) is 35.4 Å². The minimum atomic E-state index is -0.802. The fourth-order valence-corrected chi connectivity index (χ4v) is 2.12. The fourth-order valence-electron chi connectivity index (χ4n) is 2.12. The summed E-state index contributed by atoms with van der Waals surface area (Å²) in [6, 6.07) is 7.59. The monoisotopic (exact) mass is 282 g/mol. The molecular formula is C16H26O4. The summed E-state index contributed by atoms with van der Waals surface area (Å²) < 4.78 is 0. The maximum atomic E-state index is 9.29. The molecule has 0 aliphatic carbocycles. The Labute approximate surface area is 121 Å². The Morgan fingerprint density at radius 1 is 0.850 bits per heavy atom. The van der Waals surface area contributed by atoms with Crippen molar-refractivity contribution in [1.82, 2.24) is 0 Å². The average molecular weight is 282 g/mol. The van der Waals surface area contributed by atoms with Crippen LogP contribution in [0.3, 0.4) is 0 Å². The highest BCUT2D eigenvalue weighted by Gasteiger charge is 2.36. The van der Waals surface area contributed by atoms with Gasteiger partial charge in [-0.25, -0.2) is 9.78 Å². The maximum Gasteiger partial charge on any atom is 0.128 e. The van der Waals surface area contributed by atoms with E-state index in [2.05, 4.69) is 0 Å². The van der Waals surface area contributed by atoms with Gasteiger partial charge in [0.15, 0.2) is 0 Å². The third-order valence-corrected chi connectivity index (χ3v) is 4.59. The molecule has 0 bridgehead atoms. The van der Waals surface area contributed by atoms with E-state index in [0.717, 1.165) is 11.1 Å². The number of rotatable bonds is 6. The average Bonchev–Trinajstić information content (AvgIpc) is 2.45. The van der Waals surface area contributed by atoms with Gasteiger partial charge in [0.1, 0.15) is 11.2 Å². The van der Waals surface area contributed by atoms with E-state index in [0.29, 0.717) is 0 Å². The van der Waals surface area contributed by atoms with Crippen LogP contribution in [0.2, 0.25) is 0 Å². The molecule has 0 saturated carbocycles. The van der Waals surface area contributed by atoms with E-state index in [1.54, 1.807) is 0 Å². The minimum Gasteiger partial charge on any atom is -0.251 e.